The number of carboxylic acid groups (broad SMARTS) is 1. The fourth-order valence-corrected chi connectivity index (χ4v) is 3.66. The third-order valence-electron chi connectivity index (χ3n) is 5.15. The molecule has 8 nitrogen and oxygen atoms in total. The molecule has 0 heterocycles. The summed E-state index contributed by atoms with van der Waals surface area (Å²) in [4.78, 5) is 35.4. The summed E-state index contributed by atoms with van der Waals surface area (Å²) in [6.45, 7) is -0.582. The topological polar surface area (TPSA) is 114 Å². The summed E-state index contributed by atoms with van der Waals surface area (Å²) in [6, 6.07) is 10.5. The Balaban J connectivity index is 1.66. The molecule has 1 unspecified atom stereocenters. The number of nitrogens with one attached hydrogen (secondary N) is 2. The van der Waals surface area contributed by atoms with Crippen molar-refractivity contribution in [2.75, 3.05) is 20.3 Å². The maximum atomic E-state index is 12.8. The SMILES string of the molecule is COC[C@H](NC(=O)OCC1c2ccccc2-c2ccccc21)C(=O)NC(C(=O)O)C(F)(F)F. The van der Waals surface area contributed by atoms with Crippen molar-refractivity contribution >= 4 is 18.0 Å². The van der Waals surface area contributed by atoms with Crippen molar-refractivity contribution in [3.05, 3.63) is 59.7 Å². The monoisotopic (exact) mass is 466 g/mol. The Morgan fingerprint density at radius 3 is 2.03 bits per heavy atom. The highest BCUT2D eigenvalue weighted by molar-refractivity contribution is 5.89. The minimum atomic E-state index is -5.22. The van der Waals surface area contributed by atoms with Crippen LogP contribution in [0.2, 0.25) is 0 Å². The molecule has 0 spiro atoms. The van der Waals surface area contributed by atoms with Gasteiger partial charge in [0.05, 0.1) is 6.61 Å². The highest BCUT2D eigenvalue weighted by Gasteiger charge is 2.47. The first-order chi connectivity index (χ1) is 15.6. The maximum Gasteiger partial charge on any atom is 0.419 e. The second kappa shape index (κ2) is 9.90. The van der Waals surface area contributed by atoms with Crippen LogP contribution < -0.4 is 10.6 Å². The van der Waals surface area contributed by atoms with Crippen molar-refractivity contribution in [3.8, 4) is 11.1 Å². The fraction of sp³-hybridized carbons (Fsp3) is 0.318. The first-order valence-electron chi connectivity index (χ1n) is 9.83. The van der Waals surface area contributed by atoms with Crippen LogP contribution in [0.5, 0.6) is 0 Å². The zero-order chi connectivity index (χ0) is 24.2. The van der Waals surface area contributed by atoms with Gasteiger partial charge in [-0.1, -0.05) is 48.5 Å². The van der Waals surface area contributed by atoms with Crippen molar-refractivity contribution in [1.82, 2.24) is 10.6 Å². The Labute approximate surface area is 186 Å². The van der Waals surface area contributed by atoms with Gasteiger partial charge in [-0.3, -0.25) is 4.79 Å². The fourth-order valence-electron chi connectivity index (χ4n) is 3.66. The summed E-state index contributed by atoms with van der Waals surface area (Å²) in [7, 11) is 1.16. The highest BCUT2D eigenvalue weighted by atomic mass is 19.4. The third-order valence-corrected chi connectivity index (χ3v) is 5.15. The van der Waals surface area contributed by atoms with Gasteiger partial charge in [-0.15, -0.1) is 0 Å². The van der Waals surface area contributed by atoms with E-state index >= 15 is 0 Å². The largest absolute Gasteiger partial charge is 0.479 e. The predicted molar refractivity (Wildman–Crippen MR) is 109 cm³/mol. The van der Waals surface area contributed by atoms with Gasteiger partial charge in [-0.25, -0.2) is 9.59 Å². The lowest BCUT2D eigenvalue weighted by Gasteiger charge is -2.22. The lowest BCUT2D eigenvalue weighted by atomic mass is 9.98. The minimum absolute atomic E-state index is 0.0819. The van der Waals surface area contributed by atoms with Crippen LogP contribution in [-0.2, 0) is 19.1 Å². The molecule has 0 aliphatic heterocycles. The number of aliphatic carboxylic acids is 1. The van der Waals surface area contributed by atoms with E-state index < -0.39 is 42.8 Å². The van der Waals surface area contributed by atoms with E-state index in [0.717, 1.165) is 29.4 Å². The van der Waals surface area contributed by atoms with Crippen molar-refractivity contribution in [3.63, 3.8) is 0 Å². The number of fused-ring (bicyclic) bond motifs is 3. The van der Waals surface area contributed by atoms with E-state index in [1.807, 2.05) is 48.5 Å². The quantitative estimate of drug-likeness (QED) is 0.551. The van der Waals surface area contributed by atoms with E-state index in [2.05, 4.69) is 5.32 Å². The number of alkyl carbamates (subject to hydrolysis) is 1. The Kier molecular flexibility index (Phi) is 7.22. The Morgan fingerprint density at radius 2 is 1.55 bits per heavy atom. The number of methoxy groups -OCH3 is 1. The molecule has 0 radical (unpaired) electrons. The van der Waals surface area contributed by atoms with Crippen LogP contribution in [0.1, 0.15) is 17.0 Å². The molecule has 1 aliphatic rings. The molecule has 0 bridgehead atoms. The molecule has 1 aliphatic carbocycles. The number of hydrogen-bond acceptors (Lipinski definition) is 5. The molecular weight excluding hydrogens is 445 g/mol. The van der Waals surface area contributed by atoms with Crippen LogP contribution in [0.15, 0.2) is 48.5 Å². The summed E-state index contributed by atoms with van der Waals surface area (Å²) in [5.41, 5.74) is 3.91. The van der Waals surface area contributed by atoms with Gasteiger partial charge >= 0.3 is 18.2 Å². The van der Waals surface area contributed by atoms with E-state index in [-0.39, 0.29) is 12.5 Å². The molecule has 0 fully saturated rings. The van der Waals surface area contributed by atoms with Gasteiger partial charge in [0.15, 0.2) is 0 Å². The van der Waals surface area contributed by atoms with Crippen molar-refractivity contribution in [2.45, 2.75) is 24.2 Å². The van der Waals surface area contributed by atoms with E-state index in [1.54, 1.807) is 0 Å². The van der Waals surface area contributed by atoms with Gasteiger partial charge in [0.2, 0.25) is 11.9 Å². The number of carbonyl (C=O) groups excluding carboxylic acids is 2. The normalized spacial score (nSPS) is 14.5. The van der Waals surface area contributed by atoms with Gasteiger partial charge < -0.3 is 25.2 Å². The second-order valence-corrected chi connectivity index (χ2v) is 7.30. The summed E-state index contributed by atoms with van der Waals surface area (Å²) < 4.78 is 48.5. The smallest absolute Gasteiger partial charge is 0.419 e. The first kappa shape index (κ1) is 24.1. The Hall–Kier alpha value is -3.60. The number of carbonyl (C=O) groups is 3. The lowest BCUT2D eigenvalue weighted by Crippen LogP contribution is -2.57. The van der Waals surface area contributed by atoms with Crippen molar-refractivity contribution in [1.29, 1.82) is 0 Å². The van der Waals surface area contributed by atoms with Gasteiger partial charge in [-0.2, -0.15) is 13.2 Å². The summed E-state index contributed by atoms with van der Waals surface area (Å²) in [5.74, 6) is -3.93. The first-order valence-corrected chi connectivity index (χ1v) is 9.83. The molecule has 176 valence electrons. The van der Waals surface area contributed by atoms with Gasteiger partial charge in [0.25, 0.3) is 0 Å². The number of ether oxygens (including phenoxy) is 2. The van der Waals surface area contributed by atoms with Gasteiger partial charge in [0, 0.05) is 13.0 Å². The second-order valence-electron chi connectivity index (χ2n) is 7.30. The third kappa shape index (κ3) is 5.43. The van der Waals surface area contributed by atoms with Crippen LogP contribution >= 0.6 is 0 Å². The molecule has 33 heavy (non-hydrogen) atoms. The van der Waals surface area contributed by atoms with E-state index in [0.29, 0.717) is 0 Å². The summed E-state index contributed by atoms with van der Waals surface area (Å²) in [6.07, 6.45) is -6.28. The number of alkyl halides is 3. The molecule has 0 aromatic heterocycles. The van der Waals surface area contributed by atoms with E-state index in [9.17, 15) is 27.6 Å². The van der Waals surface area contributed by atoms with Gasteiger partial charge in [-0.05, 0) is 22.3 Å². The lowest BCUT2D eigenvalue weighted by molar-refractivity contribution is -0.182. The molecule has 0 saturated heterocycles. The zero-order valence-electron chi connectivity index (χ0n) is 17.4. The standard InChI is InChI=1S/C22H21F3N2O6/c1-32-11-17(19(28)27-18(20(29)30)22(23,24)25)26-21(31)33-10-16-14-8-4-2-6-12(14)13-7-3-5-9-15(13)16/h2-9,16-18H,10-11H2,1H3,(H,26,31)(H,27,28)(H,29,30)/t17-,18?/m0/s1. The van der Waals surface area contributed by atoms with E-state index in [4.69, 9.17) is 14.6 Å². The average Bonchev–Trinajstić information content (AvgIpc) is 3.08. The van der Waals surface area contributed by atoms with Crippen LogP contribution in [-0.4, -0.2) is 61.7 Å². The molecule has 0 saturated carbocycles. The summed E-state index contributed by atoms with van der Waals surface area (Å²) in [5, 5.41) is 12.2. The molecule has 3 N–H and O–H groups in total. The number of rotatable bonds is 8. The minimum Gasteiger partial charge on any atom is -0.479 e. The molecule has 2 aromatic carbocycles. The molecular formula is C22H21F3N2O6. The molecule has 11 heteroatoms. The predicted octanol–water partition coefficient (Wildman–Crippen LogP) is 2.67. The van der Waals surface area contributed by atoms with Crippen molar-refractivity contribution < 1.29 is 42.1 Å². The number of hydrogen-bond donors (Lipinski definition) is 3. The average molecular weight is 466 g/mol. The van der Waals surface area contributed by atoms with Crippen LogP contribution in [0.25, 0.3) is 11.1 Å². The summed E-state index contributed by atoms with van der Waals surface area (Å²) >= 11 is 0. The number of halogens is 3. The van der Waals surface area contributed by atoms with Crippen LogP contribution in [0.4, 0.5) is 18.0 Å². The van der Waals surface area contributed by atoms with Crippen molar-refractivity contribution in [2.24, 2.45) is 0 Å². The Bertz CT molecular complexity index is 997. The molecule has 2 amide bonds. The Morgan fingerprint density at radius 1 is 1.00 bits per heavy atom. The van der Waals surface area contributed by atoms with E-state index in [1.165, 1.54) is 5.32 Å². The van der Waals surface area contributed by atoms with Crippen LogP contribution in [0, 0.1) is 0 Å². The molecule has 3 rings (SSSR count). The maximum absolute atomic E-state index is 12.8. The molecule has 2 aromatic rings. The number of carboxylic acids is 1. The van der Waals surface area contributed by atoms with Crippen LogP contribution in [0.3, 0.4) is 0 Å². The molecule has 2 atom stereocenters. The zero-order valence-corrected chi connectivity index (χ0v) is 17.4. The highest BCUT2D eigenvalue weighted by Crippen LogP contribution is 2.44. The number of benzene rings is 2. The number of amides is 2. The van der Waals surface area contributed by atoms with Gasteiger partial charge in [0.1, 0.15) is 12.6 Å².